The zero-order valence-corrected chi connectivity index (χ0v) is 13.6. The van der Waals surface area contributed by atoms with Gasteiger partial charge >= 0.3 is 5.88 Å². The van der Waals surface area contributed by atoms with Crippen molar-refractivity contribution in [1.29, 1.82) is 0 Å². The number of ether oxygens (including phenoxy) is 1. The van der Waals surface area contributed by atoms with Gasteiger partial charge in [-0.25, -0.2) is 0 Å². The highest BCUT2D eigenvalue weighted by Gasteiger charge is 2.35. The normalized spacial score (nSPS) is 15.8. The van der Waals surface area contributed by atoms with Gasteiger partial charge in [0.05, 0.1) is 17.5 Å². The number of nitro groups is 1. The molecule has 1 aliphatic rings. The lowest BCUT2D eigenvalue weighted by Gasteiger charge is -2.13. The summed E-state index contributed by atoms with van der Waals surface area (Å²) in [7, 11) is 0. The molecule has 1 aliphatic heterocycles. The van der Waals surface area contributed by atoms with Crippen molar-refractivity contribution in [2.24, 2.45) is 0 Å². The van der Waals surface area contributed by atoms with Crippen LogP contribution < -0.4 is 4.74 Å². The van der Waals surface area contributed by atoms with Crippen LogP contribution in [-0.4, -0.2) is 34.1 Å². The van der Waals surface area contributed by atoms with E-state index < -0.39 is 22.0 Å². The highest BCUT2D eigenvalue weighted by atomic mass is 32.2. The molecule has 0 unspecified atom stereocenters. The van der Waals surface area contributed by atoms with Gasteiger partial charge in [-0.05, 0) is 30.0 Å². The molecule has 0 spiro atoms. The number of carbonyl (C=O) groups excluding carboxylic acids is 2. The first-order valence-electron chi connectivity index (χ1n) is 7.22. The number of rotatable bonds is 6. The second-order valence-corrected chi connectivity index (χ2v) is 5.92. The first kappa shape index (κ1) is 16.8. The molecule has 3 rings (SSSR count). The molecular weight excluding hydrogens is 348 g/mol. The Balaban J connectivity index is 1.63. The number of hydrogen-bond donors (Lipinski definition) is 0. The molecule has 128 valence electrons. The highest BCUT2D eigenvalue weighted by Crippen LogP contribution is 2.32. The monoisotopic (exact) mass is 360 g/mol. The van der Waals surface area contributed by atoms with E-state index in [-0.39, 0.29) is 23.8 Å². The zero-order chi connectivity index (χ0) is 17.8. The second kappa shape index (κ2) is 7.22. The minimum Gasteiger partial charge on any atom is -0.492 e. The molecule has 9 heteroatoms. The van der Waals surface area contributed by atoms with Crippen molar-refractivity contribution >= 4 is 34.9 Å². The van der Waals surface area contributed by atoms with Crippen LogP contribution in [0.5, 0.6) is 5.75 Å². The van der Waals surface area contributed by atoms with Crippen molar-refractivity contribution in [1.82, 2.24) is 4.90 Å². The van der Waals surface area contributed by atoms with Crippen LogP contribution in [-0.2, 0) is 4.79 Å². The number of benzene rings is 1. The van der Waals surface area contributed by atoms with Crippen molar-refractivity contribution in [3.8, 4) is 5.75 Å². The summed E-state index contributed by atoms with van der Waals surface area (Å²) in [4.78, 5) is 35.4. The predicted molar refractivity (Wildman–Crippen MR) is 90.0 cm³/mol. The first-order chi connectivity index (χ1) is 12.0. The van der Waals surface area contributed by atoms with Gasteiger partial charge in [0.15, 0.2) is 0 Å². The summed E-state index contributed by atoms with van der Waals surface area (Å²) < 4.78 is 10.4. The fourth-order valence-corrected chi connectivity index (χ4v) is 2.96. The Hall–Kier alpha value is -3.07. The van der Waals surface area contributed by atoms with E-state index in [4.69, 9.17) is 9.15 Å². The fraction of sp³-hybridized carbons (Fsp3) is 0.125. The summed E-state index contributed by atoms with van der Waals surface area (Å²) in [5.74, 6) is -0.127. The lowest BCUT2D eigenvalue weighted by molar-refractivity contribution is -0.402. The van der Waals surface area contributed by atoms with E-state index in [0.29, 0.717) is 5.75 Å². The average Bonchev–Trinajstić information content (AvgIpc) is 3.16. The standard InChI is InChI=1S/C16H12N2O6S/c19-15-13(10-12-6-7-14(24-12)18(21)22)25-16(20)17(15)8-9-23-11-4-2-1-3-5-11/h1-7,10H,8-9H2/b13-10-. The molecule has 1 aromatic carbocycles. The van der Waals surface area contributed by atoms with E-state index >= 15 is 0 Å². The molecule has 1 saturated heterocycles. The summed E-state index contributed by atoms with van der Waals surface area (Å²) in [6, 6.07) is 11.6. The summed E-state index contributed by atoms with van der Waals surface area (Å²) in [5.41, 5.74) is 0. The van der Waals surface area contributed by atoms with Gasteiger partial charge in [0.25, 0.3) is 11.1 Å². The Bertz CT molecular complexity index is 845. The maximum atomic E-state index is 12.3. The van der Waals surface area contributed by atoms with Crippen LogP contribution in [0.15, 0.2) is 51.8 Å². The molecule has 1 aromatic heterocycles. The number of nitrogens with zero attached hydrogens (tertiary/aromatic N) is 2. The number of furan rings is 1. The molecule has 2 heterocycles. The Kier molecular flexibility index (Phi) is 4.85. The minimum atomic E-state index is -0.677. The molecule has 2 aromatic rings. The van der Waals surface area contributed by atoms with Gasteiger partial charge in [0.2, 0.25) is 0 Å². The molecule has 0 N–H and O–H groups in total. The van der Waals surface area contributed by atoms with Crippen LogP contribution >= 0.6 is 11.8 Å². The Morgan fingerprint density at radius 2 is 1.96 bits per heavy atom. The van der Waals surface area contributed by atoms with E-state index in [9.17, 15) is 19.7 Å². The number of imide groups is 1. The third kappa shape index (κ3) is 3.89. The molecule has 0 atom stereocenters. The Labute approximate surface area is 146 Å². The molecule has 2 amide bonds. The fourth-order valence-electron chi connectivity index (χ4n) is 2.11. The summed E-state index contributed by atoms with van der Waals surface area (Å²) in [5, 5.41) is 10.2. The van der Waals surface area contributed by atoms with E-state index in [1.807, 2.05) is 18.2 Å². The summed E-state index contributed by atoms with van der Waals surface area (Å²) >= 11 is 0.754. The quantitative estimate of drug-likeness (QED) is 0.442. The van der Waals surface area contributed by atoms with Crippen LogP contribution in [0.1, 0.15) is 5.76 Å². The van der Waals surface area contributed by atoms with Gasteiger partial charge < -0.3 is 9.15 Å². The largest absolute Gasteiger partial charge is 0.492 e. The molecule has 0 bridgehead atoms. The van der Waals surface area contributed by atoms with Crippen LogP contribution in [0.4, 0.5) is 10.7 Å². The predicted octanol–water partition coefficient (Wildman–Crippen LogP) is 3.30. The summed E-state index contributed by atoms with van der Waals surface area (Å²) in [6.07, 6.45) is 1.32. The molecular formula is C16H12N2O6S. The topological polar surface area (TPSA) is 103 Å². The number of amides is 2. The minimum absolute atomic E-state index is 0.106. The van der Waals surface area contributed by atoms with E-state index in [0.717, 1.165) is 16.7 Å². The molecule has 8 nitrogen and oxygen atoms in total. The van der Waals surface area contributed by atoms with Crippen LogP contribution in [0.25, 0.3) is 6.08 Å². The van der Waals surface area contributed by atoms with Crippen molar-refractivity contribution in [3.63, 3.8) is 0 Å². The SMILES string of the molecule is O=C1S/C(=C\c2ccc([N+](=O)[O-])o2)C(=O)N1CCOc1ccccc1. The first-order valence-corrected chi connectivity index (χ1v) is 8.03. The number of para-hydroxylation sites is 1. The van der Waals surface area contributed by atoms with Crippen molar-refractivity contribution in [2.75, 3.05) is 13.2 Å². The maximum Gasteiger partial charge on any atom is 0.433 e. The molecule has 0 radical (unpaired) electrons. The maximum absolute atomic E-state index is 12.3. The molecule has 0 aliphatic carbocycles. The van der Waals surface area contributed by atoms with Crippen LogP contribution in [0.3, 0.4) is 0 Å². The van der Waals surface area contributed by atoms with Crippen LogP contribution in [0, 0.1) is 10.1 Å². The van der Waals surface area contributed by atoms with Gasteiger partial charge in [0.1, 0.15) is 23.0 Å². The van der Waals surface area contributed by atoms with Crippen molar-refractivity contribution in [3.05, 3.63) is 63.2 Å². The van der Waals surface area contributed by atoms with Crippen molar-refractivity contribution < 1.29 is 23.7 Å². The summed E-state index contributed by atoms with van der Waals surface area (Å²) in [6.45, 7) is 0.275. The average molecular weight is 360 g/mol. The molecule has 0 saturated carbocycles. The van der Waals surface area contributed by atoms with E-state index in [1.165, 1.54) is 18.2 Å². The number of hydrogen-bond acceptors (Lipinski definition) is 7. The zero-order valence-electron chi connectivity index (χ0n) is 12.8. The molecule has 1 fully saturated rings. The van der Waals surface area contributed by atoms with Gasteiger partial charge in [0, 0.05) is 6.08 Å². The van der Waals surface area contributed by atoms with Gasteiger partial charge in [-0.2, -0.15) is 0 Å². The molecule has 25 heavy (non-hydrogen) atoms. The van der Waals surface area contributed by atoms with E-state index in [1.54, 1.807) is 12.1 Å². The van der Waals surface area contributed by atoms with Crippen LogP contribution in [0.2, 0.25) is 0 Å². The van der Waals surface area contributed by atoms with Gasteiger partial charge in [-0.1, -0.05) is 18.2 Å². The van der Waals surface area contributed by atoms with Crippen molar-refractivity contribution in [2.45, 2.75) is 0 Å². The second-order valence-electron chi connectivity index (χ2n) is 4.93. The Morgan fingerprint density at radius 3 is 2.64 bits per heavy atom. The Morgan fingerprint density at radius 1 is 1.20 bits per heavy atom. The highest BCUT2D eigenvalue weighted by molar-refractivity contribution is 8.18. The number of thioether (sulfide) groups is 1. The van der Waals surface area contributed by atoms with Gasteiger partial charge in [-0.15, -0.1) is 0 Å². The number of carbonyl (C=O) groups is 2. The van der Waals surface area contributed by atoms with E-state index in [2.05, 4.69) is 0 Å². The third-order valence-corrected chi connectivity index (χ3v) is 4.17. The third-order valence-electron chi connectivity index (χ3n) is 3.27. The lowest BCUT2D eigenvalue weighted by atomic mass is 10.3. The van der Waals surface area contributed by atoms with Gasteiger partial charge in [-0.3, -0.25) is 24.6 Å². The smallest absolute Gasteiger partial charge is 0.433 e. The lowest BCUT2D eigenvalue weighted by Crippen LogP contribution is -2.32.